The molecule has 0 fully saturated rings. The van der Waals surface area contributed by atoms with Crippen molar-refractivity contribution in [3.05, 3.63) is 52.2 Å². The lowest BCUT2D eigenvalue weighted by Crippen LogP contribution is -2.13. The Balaban J connectivity index is 0.00000131. The number of aryl methyl sites for hydroxylation is 1. The zero-order valence-corrected chi connectivity index (χ0v) is 17.0. The molecule has 0 unspecified atom stereocenters. The highest BCUT2D eigenvalue weighted by Crippen LogP contribution is 2.25. The molecule has 3 N–H and O–H groups in total. The van der Waals surface area contributed by atoms with E-state index in [9.17, 15) is 4.79 Å². The number of carbonyl (C=O) groups excluding carboxylic acids is 1. The normalized spacial score (nSPS) is 12.5. The molecule has 4 rings (SSSR count). The Morgan fingerprint density at radius 3 is 2.70 bits per heavy atom. The van der Waals surface area contributed by atoms with Crippen molar-refractivity contribution in [1.82, 2.24) is 14.5 Å². The predicted molar refractivity (Wildman–Crippen MR) is 113 cm³/mol. The minimum atomic E-state index is -0.220. The van der Waals surface area contributed by atoms with Crippen molar-refractivity contribution in [3.8, 4) is 11.4 Å². The average molecular weight is 426 g/mol. The summed E-state index contributed by atoms with van der Waals surface area (Å²) in [6.07, 6.45) is 5.50. The average Bonchev–Trinajstić information content (AvgIpc) is 3.29. The number of imidazole rings is 1. The summed E-state index contributed by atoms with van der Waals surface area (Å²) in [6.45, 7) is 1.37. The first-order valence-corrected chi connectivity index (χ1v) is 9.23. The molecule has 1 aliphatic heterocycles. The van der Waals surface area contributed by atoms with Gasteiger partial charge in [0.15, 0.2) is 0 Å². The van der Waals surface area contributed by atoms with Crippen LogP contribution < -0.4 is 11.1 Å². The number of hydrogen-bond acceptors (Lipinski definition) is 5. The maximum atomic E-state index is 12.2. The van der Waals surface area contributed by atoms with Crippen molar-refractivity contribution in [2.24, 2.45) is 5.73 Å². The van der Waals surface area contributed by atoms with Gasteiger partial charge in [0.25, 0.3) is 5.91 Å². The first-order chi connectivity index (χ1) is 12.2. The molecule has 0 atom stereocenters. The van der Waals surface area contributed by atoms with Crippen molar-refractivity contribution in [3.63, 3.8) is 0 Å². The number of hydrogen-bond donors (Lipinski definition) is 2. The smallest absolute Gasteiger partial charge is 0.275 e. The molecule has 1 aliphatic rings. The summed E-state index contributed by atoms with van der Waals surface area (Å²) in [6, 6.07) is 7.78. The Labute approximate surface area is 174 Å². The van der Waals surface area contributed by atoms with E-state index in [1.165, 1.54) is 29.9 Å². The van der Waals surface area contributed by atoms with E-state index in [0.29, 0.717) is 12.2 Å². The molecule has 0 aliphatic carbocycles. The standard InChI is InChI=1S/C18H19N5OS.2ClH/c19-9-16-22-15(11-25-16)18(24)21-13-6-4-12(5-7-13)17-20-10-14-3-1-2-8-23(14)17;;/h4-7,10-11H,1-3,8-9,19H2,(H,21,24);2*1H. The molecule has 3 aromatic rings. The Morgan fingerprint density at radius 2 is 2.00 bits per heavy atom. The summed E-state index contributed by atoms with van der Waals surface area (Å²) in [5.41, 5.74) is 9.04. The van der Waals surface area contributed by atoms with E-state index in [1.807, 2.05) is 30.5 Å². The van der Waals surface area contributed by atoms with Crippen LogP contribution in [-0.2, 0) is 19.5 Å². The van der Waals surface area contributed by atoms with Gasteiger partial charge in [0, 0.05) is 41.6 Å². The van der Waals surface area contributed by atoms with Gasteiger partial charge < -0.3 is 15.6 Å². The van der Waals surface area contributed by atoms with Crippen LogP contribution in [0, 0.1) is 0 Å². The van der Waals surface area contributed by atoms with E-state index in [2.05, 4.69) is 19.9 Å². The van der Waals surface area contributed by atoms with Gasteiger partial charge in [0.05, 0.1) is 0 Å². The van der Waals surface area contributed by atoms with Gasteiger partial charge in [-0.2, -0.15) is 0 Å². The molecule has 3 heterocycles. The molecule has 2 aromatic heterocycles. The summed E-state index contributed by atoms with van der Waals surface area (Å²) in [5, 5.41) is 5.35. The first kappa shape index (κ1) is 21.4. The van der Waals surface area contributed by atoms with E-state index < -0.39 is 0 Å². The van der Waals surface area contributed by atoms with E-state index in [1.54, 1.807) is 5.38 Å². The highest BCUT2D eigenvalue weighted by atomic mass is 35.5. The fourth-order valence-corrected chi connectivity index (χ4v) is 3.73. The SMILES string of the molecule is Cl.Cl.NCc1nc(C(=O)Nc2ccc(-c3ncc4n3CCCC4)cc2)cs1. The second kappa shape index (κ2) is 9.32. The van der Waals surface area contributed by atoms with Crippen LogP contribution in [0.3, 0.4) is 0 Å². The number of anilines is 1. The number of nitrogens with two attached hydrogens (primary N) is 1. The van der Waals surface area contributed by atoms with Crippen LogP contribution in [0.5, 0.6) is 0 Å². The molecule has 6 nitrogen and oxygen atoms in total. The number of fused-ring (bicyclic) bond motifs is 1. The number of nitrogens with zero attached hydrogens (tertiary/aromatic N) is 3. The number of nitrogens with one attached hydrogen (secondary N) is 1. The number of carbonyl (C=O) groups is 1. The van der Waals surface area contributed by atoms with Gasteiger partial charge in [-0.15, -0.1) is 36.2 Å². The molecule has 1 aromatic carbocycles. The highest BCUT2D eigenvalue weighted by Gasteiger charge is 2.15. The lowest BCUT2D eigenvalue weighted by atomic mass is 10.1. The quantitative estimate of drug-likeness (QED) is 0.663. The third kappa shape index (κ3) is 4.50. The fraction of sp³-hybridized carbons (Fsp3) is 0.278. The third-order valence-electron chi connectivity index (χ3n) is 4.36. The van der Waals surface area contributed by atoms with Crippen molar-refractivity contribution >= 4 is 47.7 Å². The Hall–Kier alpha value is -1.93. The van der Waals surface area contributed by atoms with Crippen molar-refractivity contribution in [2.75, 3.05) is 5.32 Å². The van der Waals surface area contributed by atoms with Gasteiger partial charge in [-0.25, -0.2) is 9.97 Å². The van der Waals surface area contributed by atoms with Crippen LogP contribution in [0.2, 0.25) is 0 Å². The van der Waals surface area contributed by atoms with E-state index in [-0.39, 0.29) is 30.7 Å². The molecule has 144 valence electrons. The molecule has 1 amide bonds. The van der Waals surface area contributed by atoms with Gasteiger partial charge >= 0.3 is 0 Å². The lowest BCUT2D eigenvalue weighted by Gasteiger charge is -2.16. The summed E-state index contributed by atoms with van der Waals surface area (Å²) < 4.78 is 2.29. The molecular formula is C18H21Cl2N5OS. The van der Waals surface area contributed by atoms with E-state index in [0.717, 1.165) is 35.0 Å². The maximum Gasteiger partial charge on any atom is 0.275 e. The van der Waals surface area contributed by atoms with Crippen LogP contribution >= 0.6 is 36.2 Å². The Bertz CT molecular complexity index is 907. The number of thiazole rings is 1. The first-order valence-electron chi connectivity index (χ1n) is 8.35. The van der Waals surface area contributed by atoms with Crippen LogP contribution in [0.15, 0.2) is 35.8 Å². The van der Waals surface area contributed by atoms with Gasteiger partial charge in [-0.3, -0.25) is 4.79 Å². The third-order valence-corrected chi connectivity index (χ3v) is 5.23. The number of amides is 1. The minimum Gasteiger partial charge on any atom is -0.328 e. The molecule has 0 saturated heterocycles. The van der Waals surface area contributed by atoms with Gasteiger partial charge in [-0.05, 0) is 43.5 Å². The maximum absolute atomic E-state index is 12.2. The predicted octanol–water partition coefficient (Wildman–Crippen LogP) is 3.90. The summed E-state index contributed by atoms with van der Waals surface area (Å²) in [7, 11) is 0. The summed E-state index contributed by atoms with van der Waals surface area (Å²) in [5.74, 6) is 0.779. The molecular weight excluding hydrogens is 405 g/mol. The van der Waals surface area contributed by atoms with Crippen LogP contribution in [0.25, 0.3) is 11.4 Å². The van der Waals surface area contributed by atoms with Crippen LogP contribution in [0.1, 0.15) is 34.0 Å². The van der Waals surface area contributed by atoms with Crippen LogP contribution in [-0.4, -0.2) is 20.4 Å². The van der Waals surface area contributed by atoms with Gasteiger partial charge in [0.2, 0.25) is 0 Å². The Morgan fingerprint density at radius 1 is 1.22 bits per heavy atom. The largest absolute Gasteiger partial charge is 0.328 e. The van der Waals surface area contributed by atoms with Crippen molar-refractivity contribution in [2.45, 2.75) is 32.4 Å². The lowest BCUT2D eigenvalue weighted by molar-refractivity contribution is 0.102. The number of benzene rings is 1. The summed E-state index contributed by atoms with van der Waals surface area (Å²) in [4.78, 5) is 21.0. The van der Waals surface area contributed by atoms with Gasteiger partial charge in [0.1, 0.15) is 16.5 Å². The zero-order valence-electron chi connectivity index (χ0n) is 14.6. The number of rotatable bonds is 4. The van der Waals surface area contributed by atoms with Crippen molar-refractivity contribution < 1.29 is 4.79 Å². The molecule has 0 bridgehead atoms. The molecule has 27 heavy (non-hydrogen) atoms. The molecule has 0 spiro atoms. The molecule has 0 saturated carbocycles. The molecule has 9 heteroatoms. The topological polar surface area (TPSA) is 85.8 Å². The monoisotopic (exact) mass is 425 g/mol. The number of aromatic nitrogens is 3. The summed E-state index contributed by atoms with van der Waals surface area (Å²) >= 11 is 1.39. The second-order valence-electron chi connectivity index (χ2n) is 6.04. The highest BCUT2D eigenvalue weighted by molar-refractivity contribution is 7.09. The van der Waals surface area contributed by atoms with E-state index >= 15 is 0 Å². The molecule has 0 radical (unpaired) electrons. The van der Waals surface area contributed by atoms with E-state index in [4.69, 9.17) is 5.73 Å². The van der Waals surface area contributed by atoms with Crippen LogP contribution in [0.4, 0.5) is 5.69 Å². The van der Waals surface area contributed by atoms with Crippen molar-refractivity contribution in [1.29, 1.82) is 0 Å². The van der Waals surface area contributed by atoms with Gasteiger partial charge in [-0.1, -0.05) is 0 Å². The minimum absolute atomic E-state index is 0. The Kier molecular flexibility index (Phi) is 7.38. The fourth-order valence-electron chi connectivity index (χ4n) is 3.07. The second-order valence-corrected chi connectivity index (χ2v) is 6.99. The zero-order chi connectivity index (χ0) is 17.2. The number of halogens is 2.